The molecule has 1 aromatic rings. The summed E-state index contributed by atoms with van der Waals surface area (Å²) in [5.41, 5.74) is 6.88. The third-order valence-electron chi connectivity index (χ3n) is 1.85. The van der Waals surface area contributed by atoms with Gasteiger partial charge in [-0.1, -0.05) is 28.1 Å². The average Bonchev–Trinajstić information content (AvgIpc) is 2.14. The van der Waals surface area contributed by atoms with Crippen LogP contribution in [0.1, 0.15) is 18.5 Å². The summed E-state index contributed by atoms with van der Waals surface area (Å²) < 4.78 is 0.994. The van der Waals surface area contributed by atoms with Gasteiger partial charge >= 0.3 is 0 Å². The molecule has 1 rings (SSSR count). The van der Waals surface area contributed by atoms with Crippen LogP contribution in [0.3, 0.4) is 0 Å². The van der Waals surface area contributed by atoms with Crippen molar-refractivity contribution in [1.82, 2.24) is 5.32 Å². The van der Waals surface area contributed by atoms with E-state index in [1.165, 1.54) is 6.92 Å². The smallest absolute Gasteiger partial charge is 0.216 e. The molecule has 3 N–H and O–H groups in total. The zero-order valence-corrected chi connectivity index (χ0v) is 9.54. The number of amides is 1. The summed E-state index contributed by atoms with van der Waals surface area (Å²) in [5, 5.41) is 2.68. The molecule has 0 bridgehead atoms. The summed E-state index contributed by atoms with van der Waals surface area (Å²) in [4.78, 5) is 10.7. The van der Waals surface area contributed by atoms with E-state index < -0.39 is 0 Å². The van der Waals surface area contributed by atoms with Gasteiger partial charge in [0.1, 0.15) is 0 Å². The molecule has 0 saturated carbocycles. The summed E-state index contributed by atoms with van der Waals surface area (Å²) in [5.74, 6) is -0.0598. The molecule has 0 aliphatic carbocycles. The first-order valence-corrected chi connectivity index (χ1v) is 5.14. The van der Waals surface area contributed by atoms with Gasteiger partial charge in [-0.2, -0.15) is 0 Å². The summed E-state index contributed by atoms with van der Waals surface area (Å²) in [6.07, 6.45) is 0. The van der Waals surface area contributed by atoms with Crippen LogP contribution in [-0.2, 0) is 4.79 Å². The third kappa shape index (κ3) is 3.47. The van der Waals surface area contributed by atoms with Gasteiger partial charge in [-0.05, 0) is 17.7 Å². The maximum Gasteiger partial charge on any atom is 0.216 e. The Morgan fingerprint density at radius 2 is 2.36 bits per heavy atom. The Morgan fingerprint density at radius 1 is 1.64 bits per heavy atom. The fraction of sp³-hybridized carbons (Fsp3) is 0.300. The maximum atomic E-state index is 10.7. The molecule has 0 aliphatic heterocycles. The maximum absolute atomic E-state index is 10.7. The molecular weight excluding hydrogens is 244 g/mol. The lowest BCUT2D eigenvalue weighted by Gasteiger charge is -2.12. The van der Waals surface area contributed by atoms with Gasteiger partial charge in [-0.15, -0.1) is 0 Å². The van der Waals surface area contributed by atoms with Crippen molar-refractivity contribution in [2.24, 2.45) is 5.73 Å². The largest absolute Gasteiger partial charge is 0.354 e. The van der Waals surface area contributed by atoms with Crippen molar-refractivity contribution in [2.75, 3.05) is 6.54 Å². The lowest BCUT2D eigenvalue weighted by molar-refractivity contribution is -0.119. The molecule has 1 amide bonds. The second-order valence-corrected chi connectivity index (χ2v) is 4.01. The van der Waals surface area contributed by atoms with E-state index >= 15 is 0 Å². The molecule has 0 aliphatic rings. The highest BCUT2D eigenvalue weighted by molar-refractivity contribution is 9.10. The van der Waals surface area contributed by atoms with Gasteiger partial charge < -0.3 is 11.1 Å². The molecule has 1 aromatic carbocycles. The van der Waals surface area contributed by atoms with Gasteiger partial charge in [0, 0.05) is 24.0 Å². The molecule has 0 heterocycles. The zero-order valence-electron chi connectivity index (χ0n) is 7.96. The van der Waals surface area contributed by atoms with Crippen LogP contribution in [0.5, 0.6) is 0 Å². The first-order valence-electron chi connectivity index (χ1n) is 4.35. The summed E-state index contributed by atoms with van der Waals surface area (Å²) in [7, 11) is 0. The highest BCUT2D eigenvalue weighted by Gasteiger charge is 2.05. The van der Waals surface area contributed by atoms with Crippen LogP contribution in [0.25, 0.3) is 0 Å². The summed E-state index contributed by atoms with van der Waals surface area (Å²) in [6.45, 7) is 1.94. The van der Waals surface area contributed by atoms with Gasteiger partial charge in [0.05, 0.1) is 0 Å². The number of nitrogens with two attached hydrogens (primary N) is 1. The number of hydrogen-bond donors (Lipinski definition) is 2. The number of nitrogens with one attached hydrogen (secondary N) is 1. The molecule has 1 atom stereocenters. The monoisotopic (exact) mass is 256 g/mol. The molecule has 0 radical (unpaired) electrons. The highest BCUT2D eigenvalue weighted by atomic mass is 79.9. The van der Waals surface area contributed by atoms with E-state index in [0.29, 0.717) is 6.54 Å². The highest BCUT2D eigenvalue weighted by Crippen LogP contribution is 2.15. The fourth-order valence-corrected chi connectivity index (χ4v) is 1.53. The Bertz CT molecular complexity index is 328. The van der Waals surface area contributed by atoms with Crippen LogP contribution in [0.2, 0.25) is 0 Å². The predicted molar refractivity (Wildman–Crippen MR) is 59.8 cm³/mol. The van der Waals surface area contributed by atoms with E-state index in [4.69, 9.17) is 5.73 Å². The Morgan fingerprint density at radius 3 is 2.93 bits per heavy atom. The van der Waals surface area contributed by atoms with Crippen LogP contribution in [0.4, 0.5) is 0 Å². The normalized spacial score (nSPS) is 12.2. The number of halogens is 1. The van der Waals surface area contributed by atoms with E-state index in [2.05, 4.69) is 21.2 Å². The number of hydrogen-bond acceptors (Lipinski definition) is 2. The minimum atomic E-state index is -0.156. The second kappa shape index (κ2) is 5.12. The minimum Gasteiger partial charge on any atom is -0.354 e. The molecule has 0 spiro atoms. The van der Waals surface area contributed by atoms with E-state index in [0.717, 1.165) is 10.0 Å². The van der Waals surface area contributed by atoms with Crippen molar-refractivity contribution < 1.29 is 4.79 Å². The number of benzene rings is 1. The van der Waals surface area contributed by atoms with Gasteiger partial charge in [0.2, 0.25) is 5.91 Å². The fourth-order valence-electron chi connectivity index (χ4n) is 1.11. The molecule has 4 heteroatoms. The van der Waals surface area contributed by atoms with Gasteiger partial charge in [0.25, 0.3) is 0 Å². The quantitative estimate of drug-likeness (QED) is 0.863. The van der Waals surface area contributed by atoms with Crippen LogP contribution in [0, 0.1) is 0 Å². The molecule has 14 heavy (non-hydrogen) atoms. The van der Waals surface area contributed by atoms with E-state index in [1.54, 1.807) is 0 Å². The van der Waals surface area contributed by atoms with Crippen LogP contribution in [-0.4, -0.2) is 12.5 Å². The summed E-state index contributed by atoms with van der Waals surface area (Å²) in [6, 6.07) is 7.60. The van der Waals surface area contributed by atoms with Crippen LogP contribution < -0.4 is 11.1 Å². The Hall–Kier alpha value is -0.870. The Labute approximate surface area is 91.8 Å². The topological polar surface area (TPSA) is 55.1 Å². The van der Waals surface area contributed by atoms with Gasteiger partial charge in [-0.25, -0.2) is 0 Å². The average molecular weight is 257 g/mol. The van der Waals surface area contributed by atoms with Gasteiger partial charge in [0.15, 0.2) is 0 Å². The number of carbonyl (C=O) groups excluding carboxylic acids is 1. The first kappa shape index (κ1) is 11.2. The lowest BCUT2D eigenvalue weighted by Crippen LogP contribution is -2.30. The van der Waals surface area contributed by atoms with Crippen molar-refractivity contribution in [1.29, 1.82) is 0 Å². The van der Waals surface area contributed by atoms with Gasteiger partial charge in [-0.3, -0.25) is 4.79 Å². The van der Waals surface area contributed by atoms with E-state index in [1.807, 2.05) is 24.3 Å². The van der Waals surface area contributed by atoms with Crippen molar-refractivity contribution in [2.45, 2.75) is 13.0 Å². The number of rotatable bonds is 3. The standard InChI is InChI=1S/C10H13BrN2O/c1-7(14)13-6-10(12)8-3-2-4-9(11)5-8/h2-5,10H,6,12H2,1H3,(H,13,14). The molecule has 76 valence electrons. The Balaban J connectivity index is 2.60. The molecule has 0 aromatic heterocycles. The van der Waals surface area contributed by atoms with Crippen molar-refractivity contribution in [3.63, 3.8) is 0 Å². The SMILES string of the molecule is CC(=O)NCC(N)c1cccc(Br)c1. The Kier molecular flexibility index (Phi) is 4.10. The van der Waals surface area contributed by atoms with Crippen LogP contribution >= 0.6 is 15.9 Å². The minimum absolute atomic E-state index is 0.0598. The zero-order chi connectivity index (χ0) is 10.6. The third-order valence-corrected chi connectivity index (χ3v) is 2.34. The molecule has 1 unspecified atom stereocenters. The molecular formula is C10H13BrN2O. The van der Waals surface area contributed by atoms with E-state index in [-0.39, 0.29) is 11.9 Å². The second-order valence-electron chi connectivity index (χ2n) is 3.10. The lowest BCUT2D eigenvalue weighted by atomic mass is 10.1. The van der Waals surface area contributed by atoms with E-state index in [9.17, 15) is 4.79 Å². The molecule has 0 saturated heterocycles. The van der Waals surface area contributed by atoms with Crippen molar-refractivity contribution >= 4 is 21.8 Å². The number of carbonyl (C=O) groups is 1. The first-order chi connectivity index (χ1) is 6.59. The van der Waals surface area contributed by atoms with Crippen molar-refractivity contribution in [3.05, 3.63) is 34.3 Å². The molecule has 0 fully saturated rings. The van der Waals surface area contributed by atoms with Crippen LogP contribution in [0.15, 0.2) is 28.7 Å². The van der Waals surface area contributed by atoms with Crippen molar-refractivity contribution in [3.8, 4) is 0 Å². The summed E-state index contributed by atoms with van der Waals surface area (Å²) >= 11 is 3.37. The molecule has 3 nitrogen and oxygen atoms in total. The predicted octanol–water partition coefficient (Wildman–Crippen LogP) is 1.58.